The second kappa shape index (κ2) is 9.87. The number of likely N-dealkylation sites (N-methyl/N-ethyl adjacent to an activating group) is 1. The summed E-state index contributed by atoms with van der Waals surface area (Å²) in [6.45, 7) is 9.00. The maximum atomic E-state index is 5.87. The number of benzene rings is 1. The first-order valence-corrected chi connectivity index (χ1v) is 8.53. The lowest BCUT2D eigenvalue weighted by Crippen LogP contribution is -2.44. The highest BCUT2D eigenvalue weighted by molar-refractivity contribution is 14.1. The molecule has 1 aliphatic heterocycles. The van der Waals surface area contributed by atoms with Gasteiger partial charge in [-0.15, -0.1) is 12.4 Å². The van der Waals surface area contributed by atoms with E-state index in [0.717, 1.165) is 18.8 Å². The SMILES string of the molecule is Cc1cc(I)ccc1OCCCCN1CCN(C)CC1.Cl. The van der Waals surface area contributed by atoms with Crippen molar-refractivity contribution in [3.05, 3.63) is 27.3 Å². The molecule has 1 fully saturated rings. The van der Waals surface area contributed by atoms with Crippen LogP contribution in [0.25, 0.3) is 0 Å². The van der Waals surface area contributed by atoms with Crippen molar-refractivity contribution in [2.75, 3.05) is 46.4 Å². The minimum absolute atomic E-state index is 0. The van der Waals surface area contributed by atoms with Gasteiger partial charge in [0.15, 0.2) is 0 Å². The minimum Gasteiger partial charge on any atom is -0.493 e. The van der Waals surface area contributed by atoms with Gasteiger partial charge in [-0.2, -0.15) is 0 Å². The van der Waals surface area contributed by atoms with Crippen molar-refractivity contribution in [1.82, 2.24) is 9.80 Å². The molecule has 1 heterocycles. The van der Waals surface area contributed by atoms with Crippen molar-refractivity contribution in [2.24, 2.45) is 0 Å². The van der Waals surface area contributed by atoms with Crippen LogP contribution in [0.15, 0.2) is 18.2 Å². The molecule has 0 unspecified atom stereocenters. The topological polar surface area (TPSA) is 15.7 Å². The molecule has 0 saturated carbocycles. The number of halogens is 2. The van der Waals surface area contributed by atoms with Crippen LogP contribution in [0.1, 0.15) is 18.4 Å². The molecule has 3 nitrogen and oxygen atoms in total. The Morgan fingerprint density at radius 3 is 2.52 bits per heavy atom. The predicted molar refractivity (Wildman–Crippen MR) is 99.8 cm³/mol. The van der Waals surface area contributed by atoms with Gasteiger partial charge in [-0.3, -0.25) is 0 Å². The number of rotatable bonds is 6. The number of piperazine rings is 1. The van der Waals surface area contributed by atoms with Gasteiger partial charge in [-0.05, 0) is 79.7 Å². The van der Waals surface area contributed by atoms with Crippen LogP contribution in [-0.2, 0) is 0 Å². The van der Waals surface area contributed by atoms with E-state index < -0.39 is 0 Å². The molecule has 0 N–H and O–H groups in total. The number of ether oxygens (including phenoxy) is 1. The van der Waals surface area contributed by atoms with Crippen LogP contribution in [0.2, 0.25) is 0 Å². The molecule has 0 aliphatic carbocycles. The molecule has 1 aliphatic rings. The van der Waals surface area contributed by atoms with E-state index in [1.54, 1.807) is 0 Å². The zero-order valence-corrected chi connectivity index (χ0v) is 16.0. The number of hydrogen-bond donors (Lipinski definition) is 0. The summed E-state index contributed by atoms with van der Waals surface area (Å²) in [4.78, 5) is 4.97. The molecule has 2 rings (SSSR count). The maximum Gasteiger partial charge on any atom is 0.122 e. The monoisotopic (exact) mass is 424 g/mol. The van der Waals surface area contributed by atoms with Gasteiger partial charge in [0.05, 0.1) is 6.61 Å². The van der Waals surface area contributed by atoms with Gasteiger partial charge in [0, 0.05) is 29.7 Å². The molecule has 0 aromatic heterocycles. The molecule has 21 heavy (non-hydrogen) atoms. The Morgan fingerprint density at radius 1 is 1.14 bits per heavy atom. The Hall–Kier alpha value is -0.0400. The van der Waals surface area contributed by atoms with Gasteiger partial charge in [0.2, 0.25) is 0 Å². The standard InChI is InChI=1S/C16H25IN2O.ClH/c1-14-13-15(17)5-6-16(14)20-12-4-3-7-19-10-8-18(2)9-11-19;/h5-6,13H,3-4,7-12H2,1-2H3;1H. The van der Waals surface area contributed by atoms with E-state index in [0.29, 0.717) is 0 Å². The zero-order chi connectivity index (χ0) is 14.4. The summed E-state index contributed by atoms with van der Waals surface area (Å²) in [6.07, 6.45) is 2.37. The molecule has 5 heteroatoms. The Morgan fingerprint density at radius 2 is 1.86 bits per heavy atom. The van der Waals surface area contributed by atoms with Crippen LogP contribution in [0.3, 0.4) is 0 Å². The highest BCUT2D eigenvalue weighted by Gasteiger charge is 2.12. The second-order valence-corrected chi connectivity index (χ2v) is 6.86. The summed E-state index contributed by atoms with van der Waals surface area (Å²) in [7, 11) is 2.20. The van der Waals surface area contributed by atoms with E-state index in [9.17, 15) is 0 Å². The highest BCUT2D eigenvalue weighted by atomic mass is 127. The normalized spacial score (nSPS) is 16.5. The first kappa shape index (κ1) is 19.0. The largest absolute Gasteiger partial charge is 0.493 e. The smallest absolute Gasteiger partial charge is 0.122 e. The quantitative estimate of drug-likeness (QED) is 0.514. The van der Waals surface area contributed by atoms with Crippen LogP contribution in [0, 0.1) is 10.5 Å². The van der Waals surface area contributed by atoms with Crippen LogP contribution in [0.5, 0.6) is 5.75 Å². The average Bonchev–Trinajstić information content (AvgIpc) is 2.42. The fraction of sp³-hybridized carbons (Fsp3) is 0.625. The molecule has 0 spiro atoms. The van der Waals surface area contributed by atoms with Gasteiger partial charge in [0.25, 0.3) is 0 Å². The van der Waals surface area contributed by atoms with E-state index >= 15 is 0 Å². The van der Waals surface area contributed by atoms with Crippen LogP contribution in [-0.4, -0.2) is 56.2 Å². The molecule has 0 radical (unpaired) electrons. The zero-order valence-electron chi connectivity index (χ0n) is 13.0. The van der Waals surface area contributed by atoms with Crippen LogP contribution < -0.4 is 4.74 Å². The fourth-order valence-corrected chi connectivity index (χ4v) is 3.11. The van der Waals surface area contributed by atoms with Crippen molar-refractivity contribution in [1.29, 1.82) is 0 Å². The minimum atomic E-state index is 0. The third kappa shape index (κ3) is 6.72. The molecule has 0 bridgehead atoms. The first-order valence-electron chi connectivity index (χ1n) is 7.45. The summed E-state index contributed by atoms with van der Waals surface area (Å²) < 4.78 is 7.13. The molecule has 0 amide bonds. The van der Waals surface area contributed by atoms with E-state index in [-0.39, 0.29) is 12.4 Å². The number of aryl methyl sites for hydroxylation is 1. The van der Waals surface area contributed by atoms with E-state index in [4.69, 9.17) is 4.74 Å². The lowest BCUT2D eigenvalue weighted by Gasteiger charge is -2.32. The van der Waals surface area contributed by atoms with Gasteiger partial charge < -0.3 is 14.5 Å². The van der Waals surface area contributed by atoms with Gasteiger partial charge in [0.1, 0.15) is 5.75 Å². The molecule has 1 aromatic rings. The third-order valence-electron chi connectivity index (χ3n) is 3.86. The molecular formula is C16H26ClIN2O. The third-order valence-corrected chi connectivity index (χ3v) is 4.53. The van der Waals surface area contributed by atoms with E-state index in [1.165, 1.54) is 48.3 Å². The van der Waals surface area contributed by atoms with Crippen LogP contribution >= 0.6 is 35.0 Å². The summed E-state index contributed by atoms with van der Waals surface area (Å²) in [6, 6.07) is 6.35. The second-order valence-electron chi connectivity index (χ2n) is 5.61. The van der Waals surface area contributed by atoms with Gasteiger partial charge in [-0.25, -0.2) is 0 Å². The lowest BCUT2D eigenvalue weighted by atomic mass is 10.2. The summed E-state index contributed by atoms with van der Waals surface area (Å²) >= 11 is 2.33. The molecule has 0 atom stereocenters. The maximum absolute atomic E-state index is 5.87. The molecule has 1 saturated heterocycles. The number of unbranched alkanes of at least 4 members (excludes halogenated alkanes) is 1. The summed E-state index contributed by atoms with van der Waals surface area (Å²) in [5.74, 6) is 1.03. The average molecular weight is 425 g/mol. The van der Waals surface area contributed by atoms with Gasteiger partial charge in [-0.1, -0.05) is 0 Å². The van der Waals surface area contributed by atoms with Crippen molar-refractivity contribution in [2.45, 2.75) is 19.8 Å². The van der Waals surface area contributed by atoms with Gasteiger partial charge >= 0.3 is 0 Å². The Labute approximate surface area is 148 Å². The van der Waals surface area contributed by atoms with E-state index in [2.05, 4.69) is 64.6 Å². The Bertz CT molecular complexity index is 423. The molecular weight excluding hydrogens is 399 g/mol. The molecule has 1 aromatic carbocycles. The van der Waals surface area contributed by atoms with E-state index in [1.807, 2.05) is 0 Å². The number of nitrogens with zero attached hydrogens (tertiary/aromatic N) is 2. The number of hydrogen-bond acceptors (Lipinski definition) is 3. The van der Waals surface area contributed by atoms with Crippen LogP contribution in [0.4, 0.5) is 0 Å². The Kier molecular flexibility index (Phi) is 8.94. The lowest BCUT2D eigenvalue weighted by molar-refractivity contribution is 0.150. The molecule has 120 valence electrons. The first-order chi connectivity index (χ1) is 9.65. The predicted octanol–water partition coefficient (Wildman–Crippen LogP) is 3.43. The summed E-state index contributed by atoms with van der Waals surface area (Å²) in [5, 5.41) is 0. The van der Waals surface area contributed by atoms with Crippen molar-refractivity contribution in [3.63, 3.8) is 0 Å². The van der Waals surface area contributed by atoms with Crippen molar-refractivity contribution in [3.8, 4) is 5.75 Å². The van der Waals surface area contributed by atoms with Crippen molar-refractivity contribution < 1.29 is 4.74 Å². The summed E-state index contributed by atoms with van der Waals surface area (Å²) in [5.41, 5.74) is 1.23. The Balaban J connectivity index is 0.00000220. The van der Waals surface area contributed by atoms with Crippen molar-refractivity contribution >= 4 is 35.0 Å². The highest BCUT2D eigenvalue weighted by Crippen LogP contribution is 2.20. The fourth-order valence-electron chi connectivity index (χ4n) is 2.47.